The van der Waals surface area contributed by atoms with E-state index in [1.54, 1.807) is 6.07 Å². The van der Waals surface area contributed by atoms with Gasteiger partial charge in [0.15, 0.2) is 0 Å². The number of carbonyl (C=O) groups is 1. The molecule has 3 aromatic rings. The highest BCUT2D eigenvalue weighted by atomic mass is 79.9. The zero-order valence-electron chi connectivity index (χ0n) is 12.7. The molecule has 0 spiro atoms. The van der Waals surface area contributed by atoms with Crippen LogP contribution in [0.1, 0.15) is 24.5 Å². The van der Waals surface area contributed by atoms with Gasteiger partial charge in [0.25, 0.3) is 5.56 Å². The first-order valence-corrected chi connectivity index (χ1v) is 8.51. The van der Waals surface area contributed by atoms with E-state index in [1.165, 1.54) is 9.42 Å². The van der Waals surface area contributed by atoms with Crippen molar-refractivity contribution in [3.8, 4) is 0 Å². The van der Waals surface area contributed by atoms with Crippen LogP contribution in [0.5, 0.6) is 0 Å². The van der Waals surface area contributed by atoms with Crippen molar-refractivity contribution in [3.63, 3.8) is 0 Å². The zero-order chi connectivity index (χ0) is 16.8. The Bertz CT molecular complexity index is 1000. The van der Waals surface area contributed by atoms with Gasteiger partial charge in [-0.3, -0.25) is 4.79 Å². The van der Waals surface area contributed by atoms with Gasteiger partial charge in [-0.2, -0.15) is 9.61 Å². The minimum Gasteiger partial charge on any atom is -0.465 e. The summed E-state index contributed by atoms with van der Waals surface area (Å²) in [5.41, 5.74) is 2.10. The Morgan fingerprint density at radius 1 is 1.29 bits per heavy atom. The number of hydrogen-bond donors (Lipinski definition) is 2. The molecule has 0 unspecified atom stereocenters. The number of fused-ring (bicyclic) bond motifs is 3. The fraction of sp³-hybridized carbons (Fsp3) is 0.312. The van der Waals surface area contributed by atoms with E-state index in [2.05, 4.69) is 26.0 Å². The van der Waals surface area contributed by atoms with Crippen LogP contribution in [0.15, 0.2) is 33.5 Å². The van der Waals surface area contributed by atoms with Crippen molar-refractivity contribution in [2.24, 2.45) is 0 Å². The highest BCUT2D eigenvalue weighted by Gasteiger charge is 2.24. The smallest absolute Gasteiger partial charge is 0.407 e. The van der Waals surface area contributed by atoms with Crippen molar-refractivity contribution in [1.82, 2.24) is 19.5 Å². The fourth-order valence-electron chi connectivity index (χ4n) is 3.31. The number of H-pyrrole nitrogens is 1. The first-order valence-electron chi connectivity index (χ1n) is 7.72. The van der Waals surface area contributed by atoms with E-state index in [0.717, 1.165) is 21.1 Å². The molecule has 8 heteroatoms. The average molecular weight is 391 g/mol. The van der Waals surface area contributed by atoms with Gasteiger partial charge in [-0.1, -0.05) is 15.9 Å². The maximum atomic E-state index is 12.4. The third kappa shape index (κ3) is 2.47. The summed E-state index contributed by atoms with van der Waals surface area (Å²) in [6.07, 6.45) is 0.520. The molecule has 1 fully saturated rings. The normalized spacial score (nSPS) is 16.1. The molecule has 1 saturated heterocycles. The minimum atomic E-state index is -0.885. The number of benzene rings is 1. The molecule has 1 aliphatic rings. The third-order valence-corrected chi connectivity index (χ3v) is 5.08. The first-order chi connectivity index (χ1) is 11.5. The molecule has 0 radical (unpaired) electrons. The topological polar surface area (TPSA) is 90.7 Å². The van der Waals surface area contributed by atoms with Crippen LogP contribution in [0.3, 0.4) is 0 Å². The van der Waals surface area contributed by atoms with Crippen LogP contribution in [0.25, 0.3) is 16.6 Å². The summed E-state index contributed by atoms with van der Waals surface area (Å²) in [4.78, 5) is 28.2. The number of rotatable bonds is 1. The van der Waals surface area contributed by atoms with Crippen LogP contribution in [0.4, 0.5) is 4.79 Å². The molecule has 24 heavy (non-hydrogen) atoms. The van der Waals surface area contributed by atoms with Gasteiger partial charge in [-0.15, -0.1) is 0 Å². The van der Waals surface area contributed by atoms with Crippen molar-refractivity contribution in [2.45, 2.75) is 18.8 Å². The summed E-state index contributed by atoms with van der Waals surface area (Å²) in [7, 11) is 0. The van der Waals surface area contributed by atoms with Crippen molar-refractivity contribution < 1.29 is 9.90 Å². The number of amides is 1. The second-order valence-corrected chi connectivity index (χ2v) is 6.94. The molecule has 0 bridgehead atoms. The summed E-state index contributed by atoms with van der Waals surface area (Å²) in [6.45, 7) is 0.970. The highest BCUT2D eigenvalue weighted by Crippen LogP contribution is 2.28. The van der Waals surface area contributed by atoms with Crippen LogP contribution in [0, 0.1) is 0 Å². The maximum absolute atomic E-state index is 12.4. The Morgan fingerprint density at radius 3 is 2.75 bits per heavy atom. The Kier molecular flexibility index (Phi) is 3.56. The Labute approximate surface area is 145 Å². The van der Waals surface area contributed by atoms with Crippen LogP contribution in [0.2, 0.25) is 0 Å². The lowest BCUT2D eigenvalue weighted by Crippen LogP contribution is -2.37. The third-order valence-electron chi connectivity index (χ3n) is 4.59. The molecule has 7 nitrogen and oxygen atoms in total. The number of aromatic amines is 1. The van der Waals surface area contributed by atoms with E-state index in [0.29, 0.717) is 31.6 Å². The number of nitrogens with one attached hydrogen (secondary N) is 1. The van der Waals surface area contributed by atoms with Gasteiger partial charge < -0.3 is 15.0 Å². The lowest BCUT2D eigenvalue weighted by Gasteiger charge is -2.29. The van der Waals surface area contributed by atoms with E-state index in [-0.39, 0.29) is 11.5 Å². The van der Waals surface area contributed by atoms with Gasteiger partial charge in [-0.25, -0.2) is 4.79 Å². The van der Waals surface area contributed by atoms with E-state index < -0.39 is 6.09 Å². The van der Waals surface area contributed by atoms with E-state index >= 15 is 0 Å². The Morgan fingerprint density at radius 2 is 2.04 bits per heavy atom. The van der Waals surface area contributed by atoms with Crippen LogP contribution >= 0.6 is 15.9 Å². The molecule has 0 saturated carbocycles. The summed E-state index contributed by atoms with van der Waals surface area (Å²) >= 11 is 3.45. The number of hydrogen-bond acceptors (Lipinski definition) is 3. The van der Waals surface area contributed by atoms with E-state index in [9.17, 15) is 9.59 Å². The monoisotopic (exact) mass is 390 g/mol. The molecule has 1 aromatic carbocycles. The predicted molar refractivity (Wildman–Crippen MR) is 92.6 cm³/mol. The van der Waals surface area contributed by atoms with E-state index in [4.69, 9.17) is 5.11 Å². The van der Waals surface area contributed by atoms with Gasteiger partial charge in [0, 0.05) is 40.6 Å². The standard InChI is InChI=1S/C16H15BrN4O3/c17-10-1-2-12-11(7-10)15-18-13(8-14(22)21(15)19-12)9-3-5-20(6-4-9)16(23)24/h1-2,7-9,18H,3-6H2,(H,23,24). The summed E-state index contributed by atoms with van der Waals surface area (Å²) in [6, 6.07) is 7.27. The van der Waals surface area contributed by atoms with Crippen molar-refractivity contribution >= 4 is 38.6 Å². The van der Waals surface area contributed by atoms with Crippen molar-refractivity contribution in [1.29, 1.82) is 0 Å². The second-order valence-electron chi connectivity index (χ2n) is 6.03. The molecule has 0 atom stereocenters. The van der Waals surface area contributed by atoms with Gasteiger partial charge in [0.2, 0.25) is 0 Å². The molecular formula is C16H15BrN4O3. The number of piperidine rings is 1. The van der Waals surface area contributed by atoms with Gasteiger partial charge in [-0.05, 0) is 31.0 Å². The molecule has 124 valence electrons. The highest BCUT2D eigenvalue weighted by molar-refractivity contribution is 9.10. The Balaban J connectivity index is 1.77. The predicted octanol–water partition coefficient (Wildman–Crippen LogP) is 2.80. The summed E-state index contributed by atoms with van der Waals surface area (Å²) in [5, 5.41) is 14.3. The van der Waals surface area contributed by atoms with Crippen molar-refractivity contribution in [2.75, 3.05) is 13.1 Å². The molecular weight excluding hydrogens is 376 g/mol. The van der Waals surface area contributed by atoms with Crippen LogP contribution < -0.4 is 5.56 Å². The van der Waals surface area contributed by atoms with Gasteiger partial charge in [0.1, 0.15) is 5.65 Å². The molecule has 1 amide bonds. The van der Waals surface area contributed by atoms with Crippen molar-refractivity contribution in [3.05, 3.63) is 44.8 Å². The number of nitrogens with zero attached hydrogens (tertiary/aromatic N) is 3. The zero-order valence-corrected chi connectivity index (χ0v) is 14.3. The number of aromatic nitrogens is 3. The number of likely N-dealkylation sites (tertiary alicyclic amines) is 1. The Hall–Kier alpha value is -2.35. The first kappa shape index (κ1) is 15.2. The second kappa shape index (κ2) is 5.62. The van der Waals surface area contributed by atoms with Gasteiger partial charge >= 0.3 is 6.09 Å². The van der Waals surface area contributed by atoms with Crippen LogP contribution in [-0.4, -0.2) is 43.8 Å². The SMILES string of the molecule is O=C(O)N1CCC(c2cc(=O)n3nc4ccc(Br)cc4c3[nH]2)CC1. The average Bonchev–Trinajstić information content (AvgIpc) is 2.93. The van der Waals surface area contributed by atoms with Crippen LogP contribution in [-0.2, 0) is 0 Å². The summed E-state index contributed by atoms with van der Waals surface area (Å²) < 4.78 is 2.30. The minimum absolute atomic E-state index is 0.149. The quantitative estimate of drug-likeness (QED) is 0.668. The molecule has 2 aromatic heterocycles. The lowest BCUT2D eigenvalue weighted by molar-refractivity contribution is 0.131. The summed E-state index contributed by atoms with van der Waals surface area (Å²) in [5.74, 6) is 0.149. The largest absolute Gasteiger partial charge is 0.465 e. The molecule has 3 heterocycles. The van der Waals surface area contributed by atoms with E-state index in [1.807, 2.05) is 18.2 Å². The molecule has 1 aliphatic heterocycles. The molecule has 0 aliphatic carbocycles. The maximum Gasteiger partial charge on any atom is 0.407 e. The fourth-order valence-corrected chi connectivity index (χ4v) is 3.67. The lowest BCUT2D eigenvalue weighted by atomic mass is 9.93. The number of halogens is 1. The molecule has 2 N–H and O–H groups in total. The number of carboxylic acid groups (broad SMARTS) is 1. The van der Waals surface area contributed by atoms with Gasteiger partial charge in [0.05, 0.1) is 5.52 Å². The molecule has 4 rings (SSSR count).